The van der Waals surface area contributed by atoms with Crippen molar-refractivity contribution in [3.8, 4) is 44.5 Å². The average Bonchev–Trinajstić information content (AvgIpc) is 3.14. The van der Waals surface area contributed by atoms with Crippen LogP contribution in [-0.2, 0) is 0 Å². The van der Waals surface area contributed by atoms with Crippen LogP contribution in [0, 0.1) is 0 Å². The number of hydrogen-bond donors (Lipinski definition) is 0. The molecule has 0 nitrogen and oxygen atoms in total. The van der Waals surface area contributed by atoms with Gasteiger partial charge in [0.2, 0.25) is 0 Å². The molecule has 1 heterocycles. The van der Waals surface area contributed by atoms with Gasteiger partial charge < -0.3 is 0 Å². The van der Waals surface area contributed by atoms with E-state index in [0.29, 0.717) is 0 Å². The van der Waals surface area contributed by atoms with Crippen LogP contribution in [0.2, 0.25) is 0 Å². The van der Waals surface area contributed by atoms with E-state index in [-0.39, 0.29) is 0 Å². The van der Waals surface area contributed by atoms with Gasteiger partial charge in [-0.15, -0.1) is 0 Å². The first-order valence-corrected chi connectivity index (χ1v) is 17.0. The Bertz CT molecular complexity index is 2650. The Hall–Kier alpha value is -5.63. The summed E-state index contributed by atoms with van der Waals surface area (Å²) in [4.78, 5) is 2.65. The fourth-order valence-corrected chi connectivity index (χ4v) is 8.98. The van der Waals surface area contributed by atoms with Crippen molar-refractivity contribution < 1.29 is 0 Å². The van der Waals surface area contributed by atoms with Crippen molar-refractivity contribution in [1.29, 1.82) is 0 Å². The van der Waals surface area contributed by atoms with Crippen molar-refractivity contribution in [3.63, 3.8) is 0 Å². The predicted octanol–water partition coefficient (Wildman–Crippen LogP) is 13.4. The molecule has 0 saturated carbocycles. The van der Waals surface area contributed by atoms with Gasteiger partial charge in [-0.3, -0.25) is 0 Å². The molecular formula is C46H28S. The molecule has 218 valence electrons. The first-order valence-electron chi connectivity index (χ1n) is 16.2. The molecule has 0 radical (unpaired) electrons. The maximum atomic E-state index is 2.38. The van der Waals surface area contributed by atoms with E-state index in [4.69, 9.17) is 0 Å². The van der Waals surface area contributed by atoms with Crippen LogP contribution in [-0.4, -0.2) is 0 Å². The summed E-state index contributed by atoms with van der Waals surface area (Å²) in [6.45, 7) is 0. The summed E-state index contributed by atoms with van der Waals surface area (Å²) in [5.41, 5.74) is 10.3. The minimum atomic E-state index is 1.23. The van der Waals surface area contributed by atoms with Crippen LogP contribution in [0.4, 0.5) is 0 Å². The topological polar surface area (TPSA) is 0 Å². The van der Waals surface area contributed by atoms with E-state index < -0.39 is 0 Å². The zero-order chi connectivity index (χ0) is 30.9. The molecular weight excluding hydrogens is 585 g/mol. The SMILES string of the molecule is c1cc(-c2cccc3ccccc23)cc(-c2c3ccccc3c(-c3ccc4c5c(cccc35)-c3ccccc3S4)c3ccccc23)c1. The van der Waals surface area contributed by atoms with Crippen molar-refractivity contribution in [3.05, 3.63) is 170 Å². The Balaban J connectivity index is 1.26. The molecule has 0 amide bonds. The first kappa shape index (κ1) is 26.6. The summed E-state index contributed by atoms with van der Waals surface area (Å²) >= 11 is 1.89. The summed E-state index contributed by atoms with van der Waals surface area (Å²) in [7, 11) is 0. The number of fused-ring (bicyclic) bond motifs is 5. The van der Waals surface area contributed by atoms with Crippen LogP contribution in [0.25, 0.3) is 87.6 Å². The molecule has 0 bridgehead atoms. The molecule has 0 atom stereocenters. The Morgan fingerprint density at radius 2 is 0.851 bits per heavy atom. The first-order chi connectivity index (χ1) is 23.3. The standard InChI is InChI=1S/C46H28S/c1-2-16-32-29(12-1)13-10-22-33(32)30-14-9-15-31(28-30)44-36-18-3-5-20-38(36)45(39-21-6-4-19-37(39)44)41-26-27-43-46-35(23-11-24-40(41)46)34-17-7-8-25-42(34)47-43/h1-28H. The van der Waals surface area contributed by atoms with E-state index in [1.54, 1.807) is 0 Å². The molecule has 9 aromatic carbocycles. The van der Waals surface area contributed by atoms with Gasteiger partial charge in [0.15, 0.2) is 0 Å². The maximum Gasteiger partial charge on any atom is 0.0207 e. The second-order valence-corrected chi connectivity index (χ2v) is 13.5. The highest BCUT2D eigenvalue weighted by atomic mass is 32.2. The highest BCUT2D eigenvalue weighted by molar-refractivity contribution is 7.99. The van der Waals surface area contributed by atoms with E-state index in [0.717, 1.165) is 0 Å². The Morgan fingerprint density at radius 1 is 0.298 bits per heavy atom. The summed E-state index contributed by atoms with van der Waals surface area (Å²) in [6, 6.07) is 62.7. The lowest BCUT2D eigenvalue weighted by atomic mass is 9.83. The molecule has 1 heteroatoms. The van der Waals surface area contributed by atoms with Crippen LogP contribution < -0.4 is 0 Å². The fraction of sp³-hybridized carbons (Fsp3) is 0. The van der Waals surface area contributed by atoms with E-state index in [9.17, 15) is 0 Å². The van der Waals surface area contributed by atoms with Crippen molar-refractivity contribution in [2.45, 2.75) is 9.79 Å². The van der Waals surface area contributed by atoms with Crippen LogP contribution in [0.3, 0.4) is 0 Å². The van der Waals surface area contributed by atoms with Gasteiger partial charge in [-0.1, -0.05) is 163 Å². The summed E-state index contributed by atoms with van der Waals surface area (Å²) in [6.07, 6.45) is 0. The van der Waals surface area contributed by atoms with E-state index in [2.05, 4.69) is 170 Å². The summed E-state index contributed by atoms with van der Waals surface area (Å²) in [5.74, 6) is 0. The van der Waals surface area contributed by atoms with Crippen LogP contribution >= 0.6 is 11.8 Å². The highest BCUT2D eigenvalue weighted by Crippen LogP contribution is 2.52. The van der Waals surface area contributed by atoms with Gasteiger partial charge in [0.25, 0.3) is 0 Å². The molecule has 0 aliphatic carbocycles. The van der Waals surface area contributed by atoms with Crippen molar-refractivity contribution in [2.75, 3.05) is 0 Å². The monoisotopic (exact) mass is 612 g/mol. The van der Waals surface area contributed by atoms with Gasteiger partial charge in [0.05, 0.1) is 0 Å². The van der Waals surface area contributed by atoms with E-state index >= 15 is 0 Å². The zero-order valence-corrected chi connectivity index (χ0v) is 26.4. The maximum absolute atomic E-state index is 2.38. The largest absolute Gasteiger partial charge is 0.0888 e. The number of rotatable bonds is 3. The van der Waals surface area contributed by atoms with Crippen molar-refractivity contribution in [2.24, 2.45) is 0 Å². The lowest BCUT2D eigenvalue weighted by Crippen LogP contribution is -1.95. The minimum Gasteiger partial charge on any atom is -0.0888 e. The van der Waals surface area contributed by atoms with Gasteiger partial charge in [-0.05, 0) is 100 Å². The molecule has 9 aromatic rings. The zero-order valence-electron chi connectivity index (χ0n) is 25.6. The van der Waals surface area contributed by atoms with Crippen molar-refractivity contribution in [1.82, 2.24) is 0 Å². The molecule has 1 aliphatic rings. The van der Waals surface area contributed by atoms with Gasteiger partial charge in [0.1, 0.15) is 0 Å². The molecule has 47 heavy (non-hydrogen) atoms. The highest BCUT2D eigenvalue weighted by Gasteiger charge is 2.23. The molecule has 0 saturated heterocycles. The normalized spacial score (nSPS) is 12.2. The molecule has 0 fully saturated rings. The molecule has 1 aliphatic heterocycles. The molecule has 0 unspecified atom stereocenters. The van der Waals surface area contributed by atoms with E-state index in [1.807, 2.05) is 11.8 Å². The third-order valence-corrected chi connectivity index (χ3v) is 11.0. The van der Waals surface area contributed by atoms with Gasteiger partial charge >= 0.3 is 0 Å². The third-order valence-electron chi connectivity index (χ3n) is 9.85. The third kappa shape index (κ3) is 4.03. The smallest absolute Gasteiger partial charge is 0.0207 e. The Labute approximate surface area is 278 Å². The van der Waals surface area contributed by atoms with Crippen LogP contribution in [0.1, 0.15) is 0 Å². The number of hydrogen-bond acceptors (Lipinski definition) is 1. The van der Waals surface area contributed by atoms with Gasteiger partial charge in [-0.2, -0.15) is 0 Å². The van der Waals surface area contributed by atoms with Crippen molar-refractivity contribution >= 4 is 54.9 Å². The van der Waals surface area contributed by atoms with Crippen LogP contribution in [0.15, 0.2) is 180 Å². The Morgan fingerprint density at radius 3 is 1.66 bits per heavy atom. The summed E-state index contributed by atoms with van der Waals surface area (Å²) < 4.78 is 0. The second-order valence-electron chi connectivity index (χ2n) is 12.4. The quantitative estimate of drug-likeness (QED) is 0.179. The molecule has 10 rings (SSSR count). The average molecular weight is 613 g/mol. The predicted molar refractivity (Wildman–Crippen MR) is 202 cm³/mol. The van der Waals surface area contributed by atoms with Gasteiger partial charge in [-0.25, -0.2) is 0 Å². The summed E-state index contributed by atoms with van der Waals surface area (Å²) in [5, 5.41) is 10.3. The lowest BCUT2D eigenvalue weighted by molar-refractivity contribution is 1.40. The van der Waals surface area contributed by atoms with E-state index in [1.165, 1.54) is 97.4 Å². The Kier molecular flexibility index (Phi) is 5.91. The number of benzene rings is 9. The minimum absolute atomic E-state index is 1.23. The lowest BCUT2D eigenvalue weighted by Gasteiger charge is -2.23. The molecule has 0 spiro atoms. The fourth-order valence-electron chi connectivity index (χ4n) is 7.85. The van der Waals surface area contributed by atoms with Crippen LogP contribution in [0.5, 0.6) is 0 Å². The second kappa shape index (κ2) is 10.5. The molecule has 0 N–H and O–H groups in total. The molecule has 0 aromatic heterocycles. The van der Waals surface area contributed by atoms with Gasteiger partial charge in [0, 0.05) is 15.2 Å².